The van der Waals surface area contributed by atoms with E-state index in [0.29, 0.717) is 18.1 Å². The lowest BCUT2D eigenvalue weighted by Crippen LogP contribution is -2.09. The molecule has 0 bridgehead atoms. The van der Waals surface area contributed by atoms with Gasteiger partial charge in [0.1, 0.15) is 11.5 Å². The summed E-state index contributed by atoms with van der Waals surface area (Å²) in [6.45, 7) is 4.23. The number of benzene rings is 1. The van der Waals surface area contributed by atoms with Crippen molar-refractivity contribution in [2.45, 2.75) is 33.1 Å². The molecule has 16 heavy (non-hydrogen) atoms. The van der Waals surface area contributed by atoms with Crippen molar-refractivity contribution in [2.75, 3.05) is 0 Å². The Hall–Kier alpha value is -1.51. The number of carbonyl (C=O) groups excluding carboxylic acids is 1. The average Bonchev–Trinajstić information content (AvgIpc) is 2.29. The molecule has 0 aliphatic carbocycles. The zero-order chi connectivity index (χ0) is 12.0. The molecule has 0 radical (unpaired) electrons. The van der Waals surface area contributed by atoms with Gasteiger partial charge in [0.05, 0.1) is 0 Å². The zero-order valence-electron chi connectivity index (χ0n) is 9.77. The predicted molar refractivity (Wildman–Crippen MR) is 62.4 cm³/mol. The number of rotatable bonds is 5. The SMILES string of the molecule is CC[C@H](C)CCC(=O)Oc1ccc(O)cc1. The largest absolute Gasteiger partial charge is 0.508 e. The summed E-state index contributed by atoms with van der Waals surface area (Å²) < 4.78 is 5.11. The van der Waals surface area contributed by atoms with Gasteiger partial charge >= 0.3 is 5.97 Å². The van der Waals surface area contributed by atoms with Crippen LogP contribution in [0.15, 0.2) is 24.3 Å². The molecule has 3 heteroatoms. The highest BCUT2D eigenvalue weighted by molar-refractivity contribution is 5.72. The maximum absolute atomic E-state index is 11.4. The first-order chi connectivity index (χ1) is 7.61. The third-order valence-electron chi connectivity index (χ3n) is 2.61. The van der Waals surface area contributed by atoms with Gasteiger partial charge in [0, 0.05) is 6.42 Å². The van der Waals surface area contributed by atoms with E-state index in [0.717, 1.165) is 12.8 Å². The summed E-state index contributed by atoms with van der Waals surface area (Å²) in [6, 6.07) is 6.15. The highest BCUT2D eigenvalue weighted by Crippen LogP contribution is 2.17. The molecule has 0 fully saturated rings. The molecule has 1 N–H and O–H groups in total. The van der Waals surface area contributed by atoms with Crippen LogP contribution in [-0.2, 0) is 4.79 Å². The van der Waals surface area contributed by atoms with Crippen LogP contribution in [0.25, 0.3) is 0 Å². The smallest absolute Gasteiger partial charge is 0.311 e. The van der Waals surface area contributed by atoms with Gasteiger partial charge in [0.2, 0.25) is 0 Å². The quantitative estimate of drug-likeness (QED) is 0.615. The van der Waals surface area contributed by atoms with E-state index in [1.165, 1.54) is 12.1 Å². The zero-order valence-corrected chi connectivity index (χ0v) is 9.77. The molecule has 0 aliphatic rings. The monoisotopic (exact) mass is 222 g/mol. The van der Waals surface area contributed by atoms with Crippen LogP contribution in [0.5, 0.6) is 11.5 Å². The summed E-state index contributed by atoms with van der Waals surface area (Å²) in [5.74, 6) is 0.977. The van der Waals surface area contributed by atoms with Gasteiger partial charge in [0.15, 0.2) is 0 Å². The molecule has 1 aromatic carbocycles. The van der Waals surface area contributed by atoms with Crippen molar-refractivity contribution in [3.63, 3.8) is 0 Å². The second-order valence-corrected chi connectivity index (χ2v) is 4.02. The Morgan fingerprint density at radius 2 is 2.00 bits per heavy atom. The third kappa shape index (κ3) is 4.34. The van der Waals surface area contributed by atoms with Crippen molar-refractivity contribution in [3.8, 4) is 11.5 Å². The minimum absolute atomic E-state index is 0.166. The van der Waals surface area contributed by atoms with Gasteiger partial charge in [-0.25, -0.2) is 0 Å². The Kier molecular flexibility index (Phi) is 4.83. The molecule has 0 spiro atoms. The summed E-state index contributed by atoms with van der Waals surface area (Å²) in [5, 5.41) is 9.06. The highest BCUT2D eigenvalue weighted by Gasteiger charge is 2.07. The van der Waals surface area contributed by atoms with Crippen LogP contribution in [0.4, 0.5) is 0 Å². The first-order valence-corrected chi connectivity index (χ1v) is 5.61. The summed E-state index contributed by atoms with van der Waals surface area (Å²) >= 11 is 0. The topological polar surface area (TPSA) is 46.5 Å². The number of aromatic hydroxyl groups is 1. The fraction of sp³-hybridized carbons (Fsp3) is 0.462. The summed E-state index contributed by atoms with van der Waals surface area (Å²) in [7, 11) is 0. The minimum atomic E-state index is -0.217. The molecule has 0 amide bonds. The van der Waals surface area contributed by atoms with Gasteiger partial charge in [0.25, 0.3) is 0 Å². The Morgan fingerprint density at radius 1 is 1.38 bits per heavy atom. The van der Waals surface area contributed by atoms with Gasteiger partial charge < -0.3 is 9.84 Å². The molecule has 0 saturated carbocycles. The van der Waals surface area contributed by atoms with Gasteiger partial charge in [-0.2, -0.15) is 0 Å². The van der Waals surface area contributed by atoms with Crippen LogP contribution in [0.2, 0.25) is 0 Å². The molecular formula is C13H18O3. The minimum Gasteiger partial charge on any atom is -0.508 e. The summed E-state index contributed by atoms with van der Waals surface area (Å²) in [5.41, 5.74) is 0. The molecule has 0 heterocycles. The first kappa shape index (κ1) is 12.6. The van der Waals surface area contributed by atoms with Crippen LogP contribution in [0.3, 0.4) is 0 Å². The Morgan fingerprint density at radius 3 is 2.56 bits per heavy atom. The number of hydrogen-bond acceptors (Lipinski definition) is 3. The van der Waals surface area contributed by atoms with E-state index >= 15 is 0 Å². The fourth-order valence-electron chi connectivity index (χ4n) is 1.27. The molecule has 1 aromatic rings. The second-order valence-electron chi connectivity index (χ2n) is 4.02. The van der Waals surface area contributed by atoms with Crippen molar-refractivity contribution >= 4 is 5.97 Å². The fourth-order valence-corrected chi connectivity index (χ4v) is 1.27. The van der Waals surface area contributed by atoms with E-state index in [-0.39, 0.29) is 11.7 Å². The van der Waals surface area contributed by atoms with Crippen LogP contribution >= 0.6 is 0 Å². The van der Waals surface area contributed by atoms with Crippen molar-refractivity contribution in [1.82, 2.24) is 0 Å². The van der Waals surface area contributed by atoms with E-state index in [1.54, 1.807) is 12.1 Å². The molecular weight excluding hydrogens is 204 g/mol. The van der Waals surface area contributed by atoms with Crippen molar-refractivity contribution in [2.24, 2.45) is 5.92 Å². The highest BCUT2D eigenvalue weighted by atomic mass is 16.5. The molecule has 0 aliphatic heterocycles. The van der Waals surface area contributed by atoms with E-state index < -0.39 is 0 Å². The lowest BCUT2D eigenvalue weighted by molar-refractivity contribution is -0.134. The standard InChI is InChI=1S/C13H18O3/c1-3-10(2)4-9-13(15)16-12-7-5-11(14)6-8-12/h5-8,10,14H,3-4,9H2,1-2H3/t10-/m0/s1. The van der Waals surface area contributed by atoms with Crippen molar-refractivity contribution in [1.29, 1.82) is 0 Å². The lowest BCUT2D eigenvalue weighted by atomic mass is 10.0. The number of carbonyl (C=O) groups is 1. The van der Waals surface area contributed by atoms with Gasteiger partial charge in [-0.3, -0.25) is 4.79 Å². The second kappa shape index (κ2) is 6.16. The number of phenolic OH excluding ortho intramolecular Hbond substituents is 1. The normalized spacial score (nSPS) is 12.1. The molecule has 0 aromatic heterocycles. The number of phenols is 1. The van der Waals surface area contributed by atoms with Crippen LogP contribution < -0.4 is 4.74 Å². The van der Waals surface area contributed by atoms with Crippen LogP contribution in [0, 0.1) is 5.92 Å². The molecule has 0 unspecified atom stereocenters. The Balaban J connectivity index is 2.37. The molecule has 1 rings (SSSR count). The van der Waals surface area contributed by atoms with Gasteiger partial charge in [-0.05, 0) is 36.6 Å². The third-order valence-corrected chi connectivity index (χ3v) is 2.61. The maximum Gasteiger partial charge on any atom is 0.311 e. The lowest BCUT2D eigenvalue weighted by Gasteiger charge is -2.07. The number of hydrogen-bond donors (Lipinski definition) is 1. The predicted octanol–water partition coefficient (Wildman–Crippen LogP) is 3.12. The summed E-state index contributed by atoms with van der Waals surface area (Å²) in [6.07, 6.45) is 2.37. The van der Waals surface area contributed by atoms with Crippen LogP contribution in [-0.4, -0.2) is 11.1 Å². The Labute approximate surface area is 96.1 Å². The molecule has 88 valence electrons. The van der Waals surface area contributed by atoms with Crippen LogP contribution in [0.1, 0.15) is 33.1 Å². The van der Waals surface area contributed by atoms with Gasteiger partial charge in [-0.15, -0.1) is 0 Å². The number of ether oxygens (including phenoxy) is 1. The van der Waals surface area contributed by atoms with Gasteiger partial charge in [-0.1, -0.05) is 20.3 Å². The average molecular weight is 222 g/mol. The molecule has 0 saturated heterocycles. The summed E-state index contributed by atoms with van der Waals surface area (Å²) in [4.78, 5) is 11.4. The van der Waals surface area contributed by atoms with E-state index in [2.05, 4.69) is 13.8 Å². The van der Waals surface area contributed by atoms with Crippen molar-refractivity contribution < 1.29 is 14.6 Å². The Bertz CT molecular complexity index is 330. The molecule has 1 atom stereocenters. The molecule has 3 nitrogen and oxygen atoms in total. The maximum atomic E-state index is 11.4. The first-order valence-electron chi connectivity index (χ1n) is 5.61. The van der Waals surface area contributed by atoms with Crippen molar-refractivity contribution in [3.05, 3.63) is 24.3 Å². The number of esters is 1. The van der Waals surface area contributed by atoms with E-state index in [9.17, 15) is 4.79 Å². The van der Waals surface area contributed by atoms with E-state index in [1.807, 2.05) is 0 Å². The van der Waals surface area contributed by atoms with E-state index in [4.69, 9.17) is 9.84 Å².